The van der Waals surface area contributed by atoms with Gasteiger partial charge < -0.3 is 9.11 Å². The van der Waals surface area contributed by atoms with Crippen molar-refractivity contribution >= 4 is 58.5 Å². The van der Waals surface area contributed by atoms with Crippen LogP contribution in [0.3, 0.4) is 0 Å². The molecule has 0 bridgehead atoms. The molecule has 2 atom stereocenters. The summed E-state index contributed by atoms with van der Waals surface area (Å²) in [7, 11) is -9.13. The van der Waals surface area contributed by atoms with Gasteiger partial charge in [0.2, 0.25) is 20.8 Å². The van der Waals surface area contributed by atoms with E-state index in [4.69, 9.17) is 0 Å². The van der Waals surface area contributed by atoms with Crippen LogP contribution in [-0.4, -0.2) is 76.9 Å². The van der Waals surface area contributed by atoms with Crippen LogP contribution < -0.4 is 0 Å². The van der Waals surface area contributed by atoms with Crippen LogP contribution in [0.15, 0.2) is 0 Å². The second-order valence-corrected chi connectivity index (χ2v) is 21.1. The monoisotopic (exact) mass is 963 g/mol. The number of rotatable bonds is 50. The Morgan fingerprint density at radius 1 is 0.286 bits per heavy atom. The Morgan fingerprint density at radius 2 is 0.429 bits per heavy atom. The van der Waals surface area contributed by atoms with E-state index in [1.807, 2.05) is 0 Å². The van der Waals surface area contributed by atoms with Gasteiger partial charge in [-0.25, -0.2) is 16.8 Å². The second-order valence-electron chi connectivity index (χ2n) is 19.0. The summed E-state index contributed by atoms with van der Waals surface area (Å²) in [6, 6.07) is 0. The molecule has 0 aromatic carbocycles. The fraction of sp³-hybridized carbons (Fsp3) is 1.00. The van der Waals surface area contributed by atoms with Gasteiger partial charge in [0.25, 0.3) is 0 Å². The zero-order chi connectivity index (χ0) is 46.1. The van der Waals surface area contributed by atoms with Crippen molar-refractivity contribution in [2.45, 2.75) is 310 Å². The molecular formula is C52H106CaO8S2. The quantitative estimate of drug-likeness (QED) is 0.0255. The van der Waals surface area contributed by atoms with E-state index in [1.165, 1.54) is 231 Å². The molecule has 2 unspecified atom stereocenters. The molecule has 11 heteroatoms. The van der Waals surface area contributed by atoms with Gasteiger partial charge in [-0.1, -0.05) is 285 Å². The zero-order valence-corrected chi connectivity index (χ0v) is 46.3. The Kier molecular flexibility index (Phi) is 58.5. The summed E-state index contributed by atoms with van der Waals surface area (Å²) in [6.07, 6.45) is 56.5. The van der Waals surface area contributed by atoms with Crippen LogP contribution in [-0.2, 0) is 29.2 Å². The van der Waals surface area contributed by atoms with Gasteiger partial charge in [0.15, 0.2) is 0 Å². The third-order valence-corrected chi connectivity index (χ3v) is 13.6. The number of hydrogen-bond donors (Lipinski definition) is 0. The molecule has 0 aliphatic rings. The molecule has 0 aliphatic heterocycles. The molecule has 0 aromatic rings. The van der Waals surface area contributed by atoms with Crippen molar-refractivity contribution in [3.63, 3.8) is 0 Å². The third kappa shape index (κ3) is 63.0. The average Bonchev–Trinajstić information content (AvgIpc) is 3.23. The average molecular weight is 964 g/mol. The Labute approximate surface area is 424 Å². The molecular weight excluding hydrogens is 857 g/mol. The molecule has 0 aromatic heterocycles. The van der Waals surface area contributed by atoms with Crippen molar-refractivity contribution in [3.8, 4) is 0 Å². The van der Waals surface area contributed by atoms with E-state index in [0.29, 0.717) is 0 Å². The van der Waals surface area contributed by atoms with Gasteiger partial charge in [0.05, 0.1) is 13.2 Å². The summed E-state index contributed by atoms with van der Waals surface area (Å²) in [5.74, 6) is 0.402. The molecule has 0 saturated heterocycles. The van der Waals surface area contributed by atoms with Gasteiger partial charge in [-0.2, -0.15) is 0 Å². The number of hydrogen-bond acceptors (Lipinski definition) is 8. The van der Waals surface area contributed by atoms with Crippen molar-refractivity contribution in [2.75, 3.05) is 13.2 Å². The van der Waals surface area contributed by atoms with E-state index in [1.54, 1.807) is 0 Å². The minimum absolute atomic E-state index is 0. The Bertz CT molecular complexity index is 992. The van der Waals surface area contributed by atoms with Gasteiger partial charge in [-0.3, -0.25) is 8.37 Å². The standard InChI is InChI=1S/2C26H54O4S.Ca/c2*1-3-5-7-9-10-11-12-13-14-15-16-17-18-19-20-22-24-26(23-21-8-6-4-2)25-30-31(27,28)29;/h2*26H,3-25H2,1-2H3,(H,27,28,29);/q;;+2/p-2. The van der Waals surface area contributed by atoms with E-state index in [2.05, 4.69) is 36.1 Å². The van der Waals surface area contributed by atoms with Crippen molar-refractivity contribution in [1.82, 2.24) is 0 Å². The summed E-state index contributed by atoms with van der Waals surface area (Å²) < 4.78 is 73.6. The Hall–Kier alpha value is 1.000. The first kappa shape index (κ1) is 68.3. The van der Waals surface area contributed by atoms with Crippen molar-refractivity contribution in [2.24, 2.45) is 11.8 Å². The first-order valence-corrected chi connectivity index (χ1v) is 29.9. The summed E-state index contributed by atoms with van der Waals surface area (Å²) >= 11 is 0. The van der Waals surface area contributed by atoms with Gasteiger partial charge in [0.1, 0.15) is 0 Å². The number of unbranched alkanes of at least 4 members (excludes halogenated alkanes) is 36. The van der Waals surface area contributed by atoms with Gasteiger partial charge in [-0.15, -0.1) is 0 Å². The molecule has 0 radical (unpaired) electrons. The smallest absolute Gasteiger partial charge is 0.726 e. The minimum atomic E-state index is -4.57. The van der Waals surface area contributed by atoms with E-state index in [9.17, 15) is 25.9 Å². The normalized spacial score (nSPS) is 12.8. The maximum absolute atomic E-state index is 10.8. The first-order valence-electron chi connectivity index (χ1n) is 27.2. The molecule has 8 nitrogen and oxygen atoms in total. The molecule has 0 aliphatic carbocycles. The predicted octanol–water partition coefficient (Wildman–Crippen LogP) is 17.0. The molecule has 0 spiro atoms. The van der Waals surface area contributed by atoms with Gasteiger partial charge in [-0.05, 0) is 37.5 Å². The fourth-order valence-electron chi connectivity index (χ4n) is 8.66. The maximum atomic E-state index is 10.8. The molecule has 0 rings (SSSR count). The SMILES string of the molecule is CCCCCCCCCCCCCCCCCCC(CCCCCC)COS(=O)(=O)[O-].CCCCCCCCCCCCCCCCCCC(CCCCCC)COS(=O)(=O)[O-].[Ca+2]. The largest absolute Gasteiger partial charge is 2.00 e. The Balaban J connectivity index is -0.00000112. The van der Waals surface area contributed by atoms with Crippen LogP contribution in [0.4, 0.5) is 0 Å². The summed E-state index contributed by atoms with van der Waals surface area (Å²) in [4.78, 5) is 0. The topological polar surface area (TPSA) is 133 Å². The molecule has 0 heterocycles. The summed E-state index contributed by atoms with van der Waals surface area (Å²) in [6.45, 7) is 9.04. The molecule has 0 fully saturated rings. The summed E-state index contributed by atoms with van der Waals surface area (Å²) in [5.41, 5.74) is 0. The van der Waals surface area contributed by atoms with E-state index in [-0.39, 0.29) is 62.8 Å². The van der Waals surface area contributed by atoms with Crippen LogP contribution in [0.25, 0.3) is 0 Å². The van der Waals surface area contributed by atoms with Gasteiger partial charge in [0, 0.05) is 0 Å². The van der Waals surface area contributed by atoms with Crippen LogP contribution in [0.1, 0.15) is 310 Å². The minimum Gasteiger partial charge on any atom is -0.726 e. The van der Waals surface area contributed by atoms with Crippen LogP contribution in [0, 0.1) is 11.8 Å². The maximum Gasteiger partial charge on any atom is 2.00 e. The van der Waals surface area contributed by atoms with Crippen LogP contribution in [0.5, 0.6) is 0 Å². The molecule has 376 valence electrons. The zero-order valence-electron chi connectivity index (χ0n) is 42.5. The third-order valence-electron chi connectivity index (χ3n) is 12.8. The summed E-state index contributed by atoms with van der Waals surface area (Å²) in [5, 5.41) is 0. The molecule has 0 amide bonds. The molecule has 63 heavy (non-hydrogen) atoms. The predicted molar refractivity (Wildman–Crippen MR) is 270 cm³/mol. The van der Waals surface area contributed by atoms with Crippen molar-refractivity contribution < 1.29 is 34.3 Å². The fourth-order valence-corrected chi connectivity index (χ4v) is 9.38. The van der Waals surface area contributed by atoms with E-state index >= 15 is 0 Å². The molecule has 0 saturated carbocycles. The van der Waals surface area contributed by atoms with E-state index < -0.39 is 20.8 Å². The first-order chi connectivity index (χ1) is 30.0. The Morgan fingerprint density at radius 3 is 0.587 bits per heavy atom. The van der Waals surface area contributed by atoms with Gasteiger partial charge >= 0.3 is 37.7 Å². The van der Waals surface area contributed by atoms with Crippen LogP contribution in [0.2, 0.25) is 0 Å². The van der Waals surface area contributed by atoms with Crippen LogP contribution >= 0.6 is 0 Å². The van der Waals surface area contributed by atoms with Crippen molar-refractivity contribution in [1.29, 1.82) is 0 Å². The molecule has 0 N–H and O–H groups in total. The second kappa shape index (κ2) is 53.9. The van der Waals surface area contributed by atoms with E-state index in [0.717, 1.165) is 51.4 Å². The van der Waals surface area contributed by atoms with Crippen molar-refractivity contribution in [3.05, 3.63) is 0 Å².